The van der Waals surface area contributed by atoms with Crippen LogP contribution in [-0.2, 0) is 0 Å². The Labute approximate surface area is 106 Å². The van der Waals surface area contributed by atoms with Gasteiger partial charge in [-0.15, -0.1) is 0 Å². The normalized spacial score (nSPS) is 37.2. The molecule has 1 rings (SSSR count). The molecule has 1 atom stereocenters. The number of alkyl halides is 10. The predicted octanol–water partition coefficient (Wildman–Crippen LogP) is 4.52. The molecular formula is C5Cl5F5. The molecule has 0 aromatic heterocycles. The summed E-state index contributed by atoms with van der Waals surface area (Å²) in [6.07, 6.45) is 0. The molecule has 0 amide bonds. The van der Waals surface area contributed by atoms with Gasteiger partial charge in [0.1, 0.15) is 0 Å². The highest BCUT2D eigenvalue weighted by molar-refractivity contribution is 6.66. The van der Waals surface area contributed by atoms with E-state index in [-0.39, 0.29) is 0 Å². The van der Waals surface area contributed by atoms with Crippen molar-refractivity contribution in [2.45, 2.75) is 25.6 Å². The van der Waals surface area contributed by atoms with Crippen LogP contribution in [0.5, 0.6) is 0 Å². The fraction of sp³-hybridized carbons (Fsp3) is 1.00. The number of hydrogen-bond acceptors (Lipinski definition) is 0. The van der Waals surface area contributed by atoms with Crippen LogP contribution in [0.1, 0.15) is 0 Å². The van der Waals surface area contributed by atoms with Crippen LogP contribution >= 0.6 is 58.0 Å². The third-order valence-corrected chi connectivity index (χ3v) is 4.82. The lowest BCUT2D eigenvalue weighted by Gasteiger charge is -2.60. The summed E-state index contributed by atoms with van der Waals surface area (Å²) in [5.74, 6) is -4.89. The van der Waals surface area contributed by atoms with Gasteiger partial charge in [0.15, 0.2) is 0 Å². The maximum atomic E-state index is 13.4. The number of hydrogen-bond donors (Lipinski definition) is 0. The van der Waals surface area contributed by atoms with E-state index in [0.717, 1.165) is 0 Å². The van der Waals surface area contributed by atoms with Gasteiger partial charge in [-0.05, 0) is 11.6 Å². The molecule has 1 saturated carbocycles. The van der Waals surface area contributed by atoms with E-state index in [2.05, 4.69) is 11.6 Å². The van der Waals surface area contributed by atoms with E-state index in [4.69, 9.17) is 46.4 Å². The summed E-state index contributed by atoms with van der Waals surface area (Å²) in [6.45, 7) is 0. The molecule has 0 bridgehead atoms. The second-order valence-corrected chi connectivity index (χ2v) is 6.01. The van der Waals surface area contributed by atoms with Gasteiger partial charge in [0, 0.05) is 0 Å². The molecule has 1 aliphatic carbocycles. The molecule has 0 heterocycles. The maximum Gasteiger partial charge on any atom is 0.364 e. The summed E-state index contributed by atoms with van der Waals surface area (Å²) in [5, 5.41) is -5.02. The standard InChI is InChI=1S/C5Cl5F5/c6-2(7)1(11,5(10,14)15)4(12,13)3(2,8)9. The van der Waals surface area contributed by atoms with Gasteiger partial charge in [0.25, 0.3) is 5.67 Å². The van der Waals surface area contributed by atoms with Crippen LogP contribution in [-0.4, -0.2) is 25.6 Å². The molecule has 15 heavy (non-hydrogen) atoms. The van der Waals surface area contributed by atoms with Gasteiger partial charge in [-0.2, -0.15) is 17.6 Å². The monoisotopic (exact) mass is 330 g/mol. The second-order valence-electron chi connectivity index (χ2n) is 2.88. The molecule has 0 saturated heterocycles. The predicted molar refractivity (Wildman–Crippen MR) is 48.5 cm³/mol. The molecule has 0 aromatic carbocycles. The van der Waals surface area contributed by atoms with Gasteiger partial charge in [0.05, 0.1) is 0 Å². The molecular weight excluding hydrogens is 332 g/mol. The second kappa shape index (κ2) is 3.10. The van der Waals surface area contributed by atoms with Crippen molar-refractivity contribution < 1.29 is 22.0 Å². The van der Waals surface area contributed by atoms with Crippen molar-refractivity contribution in [2.75, 3.05) is 0 Å². The lowest BCUT2D eigenvalue weighted by molar-refractivity contribution is -0.285. The minimum absolute atomic E-state index is 3.39. The molecule has 1 aliphatic rings. The van der Waals surface area contributed by atoms with Crippen molar-refractivity contribution in [2.24, 2.45) is 0 Å². The van der Waals surface area contributed by atoms with Gasteiger partial charge in [-0.25, -0.2) is 4.39 Å². The van der Waals surface area contributed by atoms with Crippen LogP contribution < -0.4 is 0 Å². The quantitative estimate of drug-likeness (QED) is 0.489. The summed E-state index contributed by atoms with van der Waals surface area (Å²) in [6, 6.07) is 0. The Hall–Kier alpha value is 1.10. The third-order valence-electron chi connectivity index (χ3n) is 2.04. The number of rotatable bonds is 1. The SMILES string of the molecule is FC(F)(Cl)C1(F)C(F)(F)C(Cl)(Cl)C1(Cl)Cl. The fourth-order valence-electron chi connectivity index (χ4n) is 1.12. The molecule has 0 radical (unpaired) electrons. The van der Waals surface area contributed by atoms with Crippen molar-refractivity contribution in [3.05, 3.63) is 0 Å². The van der Waals surface area contributed by atoms with Crippen LogP contribution in [0, 0.1) is 0 Å². The van der Waals surface area contributed by atoms with E-state index < -0.39 is 25.6 Å². The first kappa shape index (κ1) is 14.2. The van der Waals surface area contributed by atoms with Crippen molar-refractivity contribution in [3.63, 3.8) is 0 Å². The lowest BCUT2D eigenvalue weighted by Crippen LogP contribution is -2.86. The van der Waals surface area contributed by atoms with E-state index in [1.54, 1.807) is 0 Å². The van der Waals surface area contributed by atoms with E-state index in [0.29, 0.717) is 0 Å². The smallest absolute Gasteiger partial charge is 0.225 e. The van der Waals surface area contributed by atoms with Gasteiger partial charge in [0.2, 0.25) is 8.67 Å². The molecule has 0 aromatic rings. The molecule has 10 heteroatoms. The molecule has 0 N–H and O–H groups in total. The molecule has 0 aliphatic heterocycles. The van der Waals surface area contributed by atoms with Crippen LogP contribution in [0.4, 0.5) is 22.0 Å². The van der Waals surface area contributed by atoms with Crippen LogP contribution in [0.3, 0.4) is 0 Å². The first-order valence-corrected chi connectivity index (χ1v) is 5.03. The first-order chi connectivity index (χ1) is 6.25. The topological polar surface area (TPSA) is 0 Å². The number of halogens is 10. The van der Waals surface area contributed by atoms with E-state index in [1.807, 2.05) is 0 Å². The van der Waals surface area contributed by atoms with Gasteiger partial charge < -0.3 is 0 Å². The zero-order valence-electron chi connectivity index (χ0n) is 6.28. The summed E-state index contributed by atoms with van der Waals surface area (Å²) in [5.41, 5.74) is -4.75. The van der Waals surface area contributed by atoms with Crippen molar-refractivity contribution in [1.82, 2.24) is 0 Å². The molecule has 1 fully saturated rings. The van der Waals surface area contributed by atoms with Crippen molar-refractivity contribution >= 4 is 58.0 Å². The van der Waals surface area contributed by atoms with E-state index in [1.165, 1.54) is 0 Å². The Morgan fingerprint density at radius 1 is 0.800 bits per heavy atom. The Kier molecular flexibility index (Phi) is 2.93. The first-order valence-electron chi connectivity index (χ1n) is 3.14. The third kappa shape index (κ3) is 1.22. The lowest BCUT2D eigenvalue weighted by atomic mass is 9.75. The van der Waals surface area contributed by atoms with Gasteiger partial charge >= 0.3 is 11.3 Å². The summed E-state index contributed by atoms with van der Waals surface area (Å²) >= 11 is 23.9. The summed E-state index contributed by atoms with van der Waals surface area (Å²) < 4.78 is 57.6. The highest BCUT2D eigenvalue weighted by Gasteiger charge is 2.99. The van der Waals surface area contributed by atoms with Gasteiger partial charge in [-0.3, -0.25) is 0 Å². The highest BCUT2D eigenvalue weighted by Crippen LogP contribution is 2.76. The Balaban J connectivity index is 3.36. The average molecular weight is 332 g/mol. The van der Waals surface area contributed by atoms with Crippen LogP contribution in [0.15, 0.2) is 0 Å². The van der Waals surface area contributed by atoms with E-state index >= 15 is 0 Å². The maximum absolute atomic E-state index is 13.4. The summed E-state index contributed by atoms with van der Waals surface area (Å²) in [7, 11) is 0. The van der Waals surface area contributed by atoms with Crippen molar-refractivity contribution in [1.29, 1.82) is 0 Å². The Morgan fingerprint density at radius 2 is 1.13 bits per heavy atom. The van der Waals surface area contributed by atoms with Crippen LogP contribution in [0.2, 0.25) is 0 Å². The minimum Gasteiger partial charge on any atom is -0.225 e. The highest BCUT2D eigenvalue weighted by atomic mass is 35.5. The van der Waals surface area contributed by atoms with Gasteiger partial charge in [-0.1, -0.05) is 46.4 Å². The minimum atomic E-state index is -5.02. The summed E-state index contributed by atoms with van der Waals surface area (Å²) in [4.78, 5) is 0. The Morgan fingerprint density at radius 3 is 1.27 bits per heavy atom. The fourth-order valence-corrected chi connectivity index (χ4v) is 2.71. The molecule has 1 unspecified atom stereocenters. The molecule has 90 valence electrons. The molecule has 0 nitrogen and oxygen atoms in total. The zero-order chi connectivity index (χ0) is 12.5. The van der Waals surface area contributed by atoms with E-state index in [9.17, 15) is 22.0 Å². The Bertz CT molecular complexity index is 277. The van der Waals surface area contributed by atoms with Crippen molar-refractivity contribution in [3.8, 4) is 0 Å². The van der Waals surface area contributed by atoms with Crippen LogP contribution in [0.25, 0.3) is 0 Å². The zero-order valence-corrected chi connectivity index (χ0v) is 10.1. The average Bonchev–Trinajstić information content (AvgIpc) is 1.98. The molecule has 0 spiro atoms. The largest absolute Gasteiger partial charge is 0.364 e.